The molecule has 0 bridgehead atoms. The predicted molar refractivity (Wildman–Crippen MR) is 71.4 cm³/mol. The van der Waals surface area contributed by atoms with Gasteiger partial charge in [0.05, 0.1) is 5.56 Å². The Hall–Kier alpha value is -2.02. The van der Waals surface area contributed by atoms with Crippen LogP contribution in [0.3, 0.4) is 0 Å². The van der Waals surface area contributed by atoms with Crippen molar-refractivity contribution < 1.29 is 8.78 Å². The van der Waals surface area contributed by atoms with Crippen molar-refractivity contribution in [2.24, 2.45) is 0 Å². The van der Waals surface area contributed by atoms with Crippen LogP contribution in [0.1, 0.15) is 6.92 Å². The summed E-state index contributed by atoms with van der Waals surface area (Å²) in [6, 6.07) is 3.62. The topological polar surface area (TPSA) is 56.8 Å². The van der Waals surface area contributed by atoms with Crippen molar-refractivity contribution in [1.82, 2.24) is 20.5 Å². The minimum absolute atomic E-state index is 0.0898. The second kappa shape index (κ2) is 5.16. The number of hydrogen-bond acceptors (Lipinski definition) is 4. The maximum Gasteiger partial charge on any atom is 0.245 e. The number of benzene rings is 1. The molecule has 0 aliphatic carbocycles. The lowest BCUT2D eigenvalue weighted by Crippen LogP contribution is -2.49. The normalized spacial score (nSPS) is 19.4. The number of aromatic nitrogens is 3. The summed E-state index contributed by atoms with van der Waals surface area (Å²) in [4.78, 5) is 6.28. The maximum absolute atomic E-state index is 13.7. The van der Waals surface area contributed by atoms with E-state index in [1.807, 2.05) is 4.90 Å². The van der Waals surface area contributed by atoms with Crippen molar-refractivity contribution in [2.45, 2.75) is 13.0 Å². The van der Waals surface area contributed by atoms with Crippen LogP contribution in [0.15, 0.2) is 18.2 Å². The van der Waals surface area contributed by atoms with E-state index in [1.54, 1.807) is 0 Å². The van der Waals surface area contributed by atoms with Crippen molar-refractivity contribution in [1.29, 1.82) is 0 Å². The van der Waals surface area contributed by atoms with Crippen LogP contribution in [-0.2, 0) is 0 Å². The molecule has 1 aromatic heterocycles. The standard InChI is InChI=1S/C13H15F2N5/c1-8-7-20(5-4-16-8)13-17-12(18-19-13)10-6-9(14)2-3-11(10)15/h2-3,6,8,16H,4-5,7H2,1H3,(H,17,18,19)/t8-/m1/s1. The van der Waals surface area contributed by atoms with Gasteiger partial charge in [-0.05, 0) is 25.1 Å². The van der Waals surface area contributed by atoms with Gasteiger partial charge in [-0.3, -0.25) is 5.10 Å². The lowest BCUT2D eigenvalue weighted by Gasteiger charge is -2.30. The summed E-state index contributed by atoms with van der Waals surface area (Å²) < 4.78 is 26.9. The van der Waals surface area contributed by atoms with E-state index in [-0.39, 0.29) is 11.4 Å². The summed E-state index contributed by atoms with van der Waals surface area (Å²) in [7, 11) is 0. The van der Waals surface area contributed by atoms with E-state index in [9.17, 15) is 8.78 Å². The Kier molecular flexibility index (Phi) is 3.35. The maximum atomic E-state index is 13.7. The SMILES string of the molecule is C[C@@H]1CN(c2n[nH]c(-c3cc(F)ccc3F)n2)CCN1. The number of hydrogen-bond donors (Lipinski definition) is 2. The summed E-state index contributed by atoms with van der Waals surface area (Å²) in [6.07, 6.45) is 0. The van der Waals surface area contributed by atoms with E-state index >= 15 is 0 Å². The number of H-pyrrole nitrogens is 1. The lowest BCUT2D eigenvalue weighted by molar-refractivity contribution is 0.480. The fourth-order valence-electron chi connectivity index (χ4n) is 2.31. The van der Waals surface area contributed by atoms with Crippen molar-refractivity contribution in [3.63, 3.8) is 0 Å². The highest BCUT2D eigenvalue weighted by Gasteiger charge is 2.20. The molecule has 0 unspecified atom stereocenters. The molecular weight excluding hydrogens is 264 g/mol. The number of anilines is 1. The zero-order valence-electron chi connectivity index (χ0n) is 11.0. The molecule has 2 heterocycles. The van der Waals surface area contributed by atoms with Crippen LogP contribution in [0.25, 0.3) is 11.4 Å². The smallest absolute Gasteiger partial charge is 0.245 e. The number of rotatable bonds is 2. The van der Waals surface area contributed by atoms with Gasteiger partial charge in [-0.1, -0.05) is 0 Å². The van der Waals surface area contributed by atoms with Gasteiger partial charge in [0, 0.05) is 25.7 Å². The van der Waals surface area contributed by atoms with Gasteiger partial charge in [0.25, 0.3) is 0 Å². The van der Waals surface area contributed by atoms with Crippen LogP contribution < -0.4 is 10.2 Å². The minimum Gasteiger partial charge on any atom is -0.337 e. The van der Waals surface area contributed by atoms with E-state index in [4.69, 9.17) is 0 Å². The number of piperazine rings is 1. The Morgan fingerprint density at radius 2 is 2.20 bits per heavy atom. The number of nitrogens with zero attached hydrogens (tertiary/aromatic N) is 3. The number of aromatic amines is 1. The van der Waals surface area contributed by atoms with Crippen LogP contribution in [0, 0.1) is 11.6 Å². The summed E-state index contributed by atoms with van der Waals surface area (Å²) >= 11 is 0. The zero-order chi connectivity index (χ0) is 14.1. The molecule has 0 spiro atoms. The Morgan fingerprint density at radius 3 is 3.00 bits per heavy atom. The number of halogens is 2. The van der Waals surface area contributed by atoms with Gasteiger partial charge in [0.1, 0.15) is 11.6 Å². The highest BCUT2D eigenvalue weighted by molar-refractivity contribution is 5.57. The van der Waals surface area contributed by atoms with E-state index < -0.39 is 11.6 Å². The van der Waals surface area contributed by atoms with Crippen LogP contribution in [0.2, 0.25) is 0 Å². The molecule has 1 aliphatic heterocycles. The van der Waals surface area contributed by atoms with E-state index in [0.29, 0.717) is 12.0 Å². The van der Waals surface area contributed by atoms with Gasteiger partial charge in [-0.15, -0.1) is 5.10 Å². The van der Waals surface area contributed by atoms with Crippen molar-refractivity contribution in [3.05, 3.63) is 29.8 Å². The van der Waals surface area contributed by atoms with Crippen LogP contribution in [0.4, 0.5) is 14.7 Å². The summed E-state index contributed by atoms with van der Waals surface area (Å²) in [6.45, 7) is 4.49. The van der Waals surface area contributed by atoms with Gasteiger partial charge < -0.3 is 10.2 Å². The molecule has 20 heavy (non-hydrogen) atoms. The van der Waals surface area contributed by atoms with Crippen LogP contribution in [-0.4, -0.2) is 40.9 Å². The molecule has 2 N–H and O–H groups in total. The average molecular weight is 279 g/mol. The van der Waals surface area contributed by atoms with Crippen molar-refractivity contribution in [2.75, 3.05) is 24.5 Å². The summed E-state index contributed by atoms with van der Waals surface area (Å²) in [5.74, 6) is -0.280. The molecular formula is C13H15F2N5. The average Bonchev–Trinajstić information content (AvgIpc) is 2.91. The van der Waals surface area contributed by atoms with Crippen molar-refractivity contribution >= 4 is 5.95 Å². The highest BCUT2D eigenvalue weighted by Crippen LogP contribution is 2.22. The molecule has 0 radical (unpaired) electrons. The van der Waals surface area contributed by atoms with Gasteiger partial charge in [0.2, 0.25) is 5.95 Å². The summed E-state index contributed by atoms with van der Waals surface area (Å²) in [5.41, 5.74) is 0.0898. The lowest BCUT2D eigenvalue weighted by atomic mass is 10.2. The molecule has 0 amide bonds. The molecule has 1 saturated heterocycles. The first-order valence-corrected chi connectivity index (χ1v) is 6.49. The predicted octanol–water partition coefficient (Wildman–Crippen LogP) is 1.55. The highest BCUT2D eigenvalue weighted by atomic mass is 19.1. The largest absolute Gasteiger partial charge is 0.337 e. The molecule has 7 heteroatoms. The third-order valence-electron chi connectivity index (χ3n) is 3.31. The van der Waals surface area contributed by atoms with Crippen LogP contribution >= 0.6 is 0 Å². The van der Waals surface area contributed by atoms with E-state index in [2.05, 4.69) is 27.4 Å². The Balaban J connectivity index is 1.88. The van der Waals surface area contributed by atoms with Gasteiger partial charge >= 0.3 is 0 Å². The Labute approximate surface area is 115 Å². The molecule has 3 rings (SSSR count). The fourth-order valence-corrected chi connectivity index (χ4v) is 2.31. The third-order valence-corrected chi connectivity index (χ3v) is 3.31. The van der Waals surface area contributed by atoms with E-state index in [0.717, 1.165) is 37.8 Å². The minimum atomic E-state index is -0.525. The van der Waals surface area contributed by atoms with Gasteiger partial charge in [-0.25, -0.2) is 8.78 Å². The molecule has 106 valence electrons. The first-order chi connectivity index (χ1) is 9.63. The van der Waals surface area contributed by atoms with Gasteiger partial charge in [-0.2, -0.15) is 4.98 Å². The molecule has 1 aromatic carbocycles. The molecule has 0 saturated carbocycles. The molecule has 1 fully saturated rings. The van der Waals surface area contributed by atoms with Gasteiger partial charge in [0.15, 0.2) is 5.82 Å². The van der Waals surface area contributed by atoms with Crippen molar-refractivity contribution in [3.8, 4) is 11.4 Å². The second-order valence-electron chi connectivity index (χ2n) is 4.91. The first kappa shape index (κ1) is 13.0. The molecule has 2 aromatic rings. The third kappa shape index (κ3) is 2.49. The summed E-state index contributed by atoms with van der Waals surface area (Å²) in [5, 5.41) is 10.1. The Bertz CT molecular complexity index is 613. The molecule has 1 atom stereocenters. The zero-order valence-corrected chi connectivity index (χ0v) is 11.0. The molecule has 1 aliphatic rings. The Morgan fingerprint density at radius 1 is 1.35 bits per heavy atom. The monoisotopic (exact) mass is 279 g/mol. The quantitative estimate of drug-likeness (QED) is 0.875. The first-order valence-electron chi connectivity index (χ1n) is 6.49. The molecule has 5 nitrogen and oxygen atoms in total. The fraction of sp³-hybridized carbons (Fsp3) is 0.385. The van der Waals surface area contributed by atoms with E-state index in [1.165, 1.54) is 0 Å². The second-order valence-corrected chi connectivity index (χ2v) is 4.91. The number of nitrogens with one attached hydrogen (secondary N) is 2. The van der Waals surface area contributed by atoms with Crippen LogP contribution in [0.5, 0.6) is 0 Å².